The highest BCUT2D eigenvalue weighted by Crippen LogP contribution is 2.09. The lowest BCUT2D eigenvalue weighted by Gasteiger charge is -2.21. The number of nitrogens with one attached hydrogen (secondary N) is 1. The van der Waals surface area contributed by atoms with Gasteiger partial charge in [-0.05, 0) is 13.3 Å². The first-order valence-corrected chi connectivity index (χ1v) is 4.57. The molecule has 0 aliphatic rings. The van der Waals surface area contributed by atoms with Gasteiger partial charge in [-0.3, -0.25) is 0 Å². The van der Waals surface area contributed by atoms with Gasteiger partial charge in [0.1, 0.15) is 11.6 Å². The standard InChI is InChI=1S/C9H16N4O/c1-3-9(2,14)6-13-8-5-11-7(10)4-12-8/h4-5,14H,3,6H2,1-2H3,(H2,10,11)(H,12,13). The molecule has 14 heavy (non-hydrogen) atoms. The van der Waals surface area contributed by atoms with Gasteiger partial charge in [0.05, 0.1) is 18.0 Å². The molecule has 5 heteroatoms. The van der Waals surface area contributed by atoms with Gasteiger partial charge in [0.25, 0.3) is 0 Å². The third kappa shape index (κ3) is 3.18. The normalized spacial score (nSPS) is 14.8. The van der Waals surface area contributed by atoms with Crippen molar-refractivity contribution in [2.24, 2.45) is 0 Å². The van der Waals surface area contributed by atoms with Gasteiger partial charge in [-0.1, -0.05) is 6.92 Å². The van der Waals surface area contributed by atoms with Crippen LogP contribution < -0.4 is 11.1 Å². The van der Waals surface area contributed by atoms with Crippen LogP contribution in [0.2, 0.25) is 0 Å². The zero-order valence-corrected chi connectivity index (χ0v) is 8.49. The van der Waals surface area contributed by atoms with E-state index < -0.39 is 5.60 Å². The number of aliphatic hydroxyl groups is 1. The predicted octanol–water partition coefficient (Wildman–Crippen LogP) is 0.632. The molecule has 1 aromatic heterocycles. The number of rotatable bonds is 4. The summed E-state index contributed by atoms with van der Waals surface area (Å²) in [6, 6.07) is 0. The summed E-state index contributed by atoms with van der Waals surface area (Å²) >= 11 is 0. The molecule has 5 nitrogen and oxygen atoms in total. The van der Waals surface area contributed by atoms with Crippen LogP contribution >= 0.6 is 0 Å². The van der Waals surface area contributed by atoms with E-state index in [1.54, 1.807) is 13.1 Å². The van der Waals surface area contributed by atoms with Crippen LogP contribution in [0.1, 0.15) is 20.3 Å². The van der Waals surface area contributed by atoms with E-state index >= 15 is 0 Å². The zero-order valence-electron chi connectivity index (χ0n) is 8.49. The third-order valence-electron chi connectivity index (χ3n) is 2.08. The number of nitrogens with zero attached hydrogens (tertiary/aromatic N) is 2. The minimum atomic E-state index is -0.719. The Morgan fingerprint density at radius 2 is 2.21 bits per heavy atom. The molecule has 1 unspecified atom stereocenters. The molecule has 1 rings (SSSR count). The number of nitrogen functional groups attached to an aromatic ring is 1. The van der Waals surface area contributed by atoms with E-state index in [0.717, 1.165) is 0 Å². The van der Waals surface area contributed by atoms with Gasteiger partial charge in [-0.25, -0.2) is 9.97 Å². The Morgan fingerprint density at radius 3 is 2.71 bits per heavy atom. The van der Waals surface area contributed by atoms with Crippen molar-refractivity contribution in [3.8, 4) is 0 Å². The molecule has 0 aliphatic carbocycles. The van der Waals surface area contributed by atoms with Crippen molar-refractivity contribution < 1.29 is 5.11 Å². The van der Waals surface area contributed by atoms with E-state index in [1.165, 1.54) is 6.20 Å². The van der Waals surface area contributed by atoms with E-state index in [0.29, 0.717) is 24.6 Å². The first kappa shape index (κ1) is 10.7. The summed E-state index contributed by atoms with van der Waals surface area (Å²) in [7, 11) is 0. The van der Waals surface area contributed by atoms with Crippen LogP contribution in [0.5, 0.6) is 0 Å². The fourth-order valence-electron chi connectivity index (χ4n) is 0.835. The first-order chi connectivity index (χ1) is 6.53. The van der Waals surface area contributed by atoms with Crippen molar-refractivity contribution in [2.75, 3.05) is 17.6 Å². The molecule has 1 heterocycles. The zero-order chi connectivity index (χ0) is 10.6. The molecular weight excluding hydrogens is 180 g/mol. The Bertz CT molecular complexity index is 283. The monoisotopic (exact) mass is 196 g/mol. The fraction of sp³-hybridized carbons (Fsp3) is 0.556. The average molecular weight is 196 g/mol. The molecule has 78 valence electrons. The van der Waals surface area contributed by atoms with E-state index in [2.05, 4.69) is 15.3 Å². The molecular formula is C9H16N4O. The van der Waals surface area contributed by atoms with Gasteiger partial charge in [0.2, 0.25) is 0 Å². The van der Waals surface area contributed by atoms with Gasteiger partial charge in [0, 0.05) is 6.54 Å². The molecule has 0 radical (unpaired) electrons. The lowest BCUT2D eigenvalue weighted by Crippen LogP contribution is -2.32. The summed E-state index contributed by atoms with van der Waals surface area (Å²) in [4.78, 5) is 7.88. The van der Waals surface area contributed by atoms with E-state index in [1.807, 2.05) is 6.92 Å². The Kier molecular flexibility index (Phi) is 3.24. The van der Waals surface area contributed by atoms with E-state index in [-0.39, 0.29) is 0 Å². The van der Waals surface area contributed by atoms with Crippen LogP contribution in [0.25, 0.3) is 0 Å². The van der Waals surface area contributed by atoms with Crippen molar-refractivity contribution in [2.45, 2.75) is 25.9 Å². The van der Waals surface area contributed by atoms with Gasteiger partial charge in [-0.15, -0.1) is 0 Å². The summed E-state index contributed by atoms with van der Waals surface area (Å²) in [5.41, 5.74) is 4.66. The van der Waals surface area contributed by atoms with Crippen LogP contribution in [0.3, 0.4) is 0 Å². The Hall–Kier alpha value is -1.36. The molecule has 0 fully saturated rings. The summed E-state index contributed by atoms with van der Waals surface area (Å²) in [6.45, 7) is 4.14. The van der Waals surface area contributed by atoms with Crippen molar-refractivity contribution in [1.82, 2.24) is 9.97 Å². The maximum absolute atomic E-state index is 9.70. The lowest BCUT2D eigenvalue weighted by molar-refractivity contribution is 0.0696. The molecule has 1 aromatic rings. The Balaban J connectivity index is 2.50. The van der Waals surface area contributed by atoms with Crippen LogP contribution in [0.15, 0.2) is 12.4 Å². The van der Waals surface area contributed by atoms with Crippen LogP contribution in [0.4, 0.5) is 11.6 Å². The number of hydrogen-bond acceptors (Lipinski definition) is 5. The van der Waals surface area contributed by atoms with Crippen molar-refractivity contribution in [3.05, 3.63) is 12.4 Å². The minimum absolute atomic E-state index is 0.387. The topological polar surface area (TPSA) is 84.1 Å². The first-order valence-electron chi connectivity index (χ1n) is 4.57. The second-order valence-electron chi connectivity index (χ2n) is 3.53. The van der Waals surface area contributed by atoms with Gasteiger partial charge < -0.3 is 16.2 Å². The average Bonchev–Trinajstić information content (AvgIpc) is 2.17. The minimum Gasteiger partial charge on any atom is -0.388 e. The predicted molar refractivity (Wildman–Crippen MR) is 55.8 cm³/mol. The molecule has 0 spiro atoms. The maximum atomic E-state index is 9.70. The lowest BCUT2D eigenvalue weighted by atomic mass is 10.0. The molecule has 1 atom stereocenters. The summed E-state index contributed by atoms with van der Waals surface area (Å²) < 4.78 is 0. The van der Waals surface area contributed by atoms with Crippen molar-refractivity contribution >= 4 is 11.6 Å². The molecule has 0 aromatic carbocycles. The molecule has 0 amide bonds. The third-order valence-corrected chi connectivity index (χ3v) is 2.08. The molecule has 4 N–H and O–H groups in total. The molecule has 0 saturated heterocycles. The number of anilines is 2. The highest BCUT2D eigenvalue weighted by molar-refractivity contribution is 5.36. The Labute approximate surface area is 83.4 Å². The number of hydrogen-bond donors (Lipinski definition) is 3. The van der Waals surface area contributed by atoms with E-state index in [4.69, 9.17) is 5.73 Å². The molecule has 0 aliphatic heterocycles. The van der Waals surface area contributed by atoms with Crippen LogP contribution in [-0.2, 0) is 0 Å². The van der Waals surface area contributed by atoms with E-state index in [9.17, 15) is 5.11 Å². The molecule has 0 bridgehead atoms. The highest BCUT2D eigenvalue weighted by atomic mass is 16.3. The smallest absolute Gasteiger partial charge is 0.144 e. The van der Waals surface area contributed by atoms with Crippen molar-refractivity contribution in [1.29, 1.82) is 0 Å². The highest BCUT2D eigenvalue weighted by Gasteiger charge is 2.16. The second-order valence-corrected chi connectivity index (χ2v) is 3.53. The summed E-state index contributed by atoms with van der Waals surface area (Å²) in [6.07, 6.45) is 3.70. The molecule has 0 saturated carbocycles. The summed E-state index contributed by atoms with van der Waals surface area (Å²) in [5, 5.41) is 12.7. The quantitative estimate of drug-likeness (QED) is 0.657. The van der Waals surface area contributed by atoms with Crippen molar-refractivity contribution in [3.63, 3.8) is 0 Å². The maximum Gasteiger partial charge on any atom is 0.144 e. The Morgan fingerprint density at radius 1 is 1.50 bits per heavy atom. The number of aromatic nitrogens is 2. The van der Waals surface area contributed by atoms with Crippen LogP contribution in [0, 0.1) is 0 Å². The van der Waals surface area contributed by atoms with Gasteiger partial charge in [-0.2, -0.15) is 0 Å². The summed E-state index contributed by atoms with van der Waals surface area (Å²) in [5.74, 6) is 1.01. The second kappa shape index (κ2) is 4.23. The SMILES string of the molecule is CCC(C)(O)CNc1cnc(N)cn1. The van der Waals surface area contributed by atoms with Gasteiger partial charge in [0.15, 0.2) is 0 Å². The number of nitrogens with two attached hydrogens (primary N) is 1. The largest absolute Gasteiger partial charge is 0.388 e. The van der Waals surface area contributed by atoms with Gasteiger partial charge >= 0.3 is 0 Å². The van der Waals surface area contributed by atoms with Crippen LogP contribution in [-0.4, -0.2) is 27.2 Å². The fourth-order valence-corrected chi connectivity index (χ4v) is 0.835.